The average molecular weight is 284 g/mol. The van der Waals surface area contributed by atoms with E-state index in [1.54, 1.807) is 18.2 Å². The fourth-order valence-corrected chi connectivity index (χ4v) is 3.26. The van der Waals surface area contributed by atoms with E-state index in [1.165, 1.54) is 17.6 Å². The number of benzene rings is 1. The smallest absolute Gasteiger partial charge is 0.357 e. The van der Waals surface area contributed by atoms with Crippen molar-refractivity contribution in [2.45, 2.75) is 4.90 Å². The highest BCUT2D eigenvalue weighted by molar-refractivity contribution is 7.93. The van der Waals surface area contributed by atoms with E-state index in [9.17, 15) is 13.2 Å². The lowest BCUT2D eigenvalue weighted by molar-refractivity contribution is 0.0692. The number of nitrogens with zero attached hydrogens (tertiary/aromatic N) is 1. The average Bonchev–Trinajstić information content (AvgIpc) is 2.78. The van der Waals surface area contributed by atoms with Gasteiger partial charge in [0.2, 0.25) is 0 Å². The van der Waals surface area contributed by atoms with Crippen LogP contribution in [-0.2, 0) is 10.0 Å². The molecule has 0 aliphatic carbocycles. The van der Waals surface area contributed by atoms with E-state index in [4.69, 9.17) is 5.11 Å². The van der Waals surface area contributed by atoms with Crippen LogP contribution in [0, 0.1) is 0 Å². The van der Waals surface area contributed by atoms with Gasteiger partial charge in [0.25, 0.3) is 10.0 Å². The molecule has 2 N–H and O–H groups in total. The predicted octanol–water partition coefficient (Wildman–Crippen LogP) is 1.64. The summed E-state index contributed by atoms with van der Waals surface area (Å²) in [6, 6.07) is 7.70. The molecule has 6 nitrogen and oxygen atoms in total. The number of rotatable bonds is 4. The second-order valence-electron chi connectivity index (χ2n) is 3.25. The Morgan fingerprint density at radius 1 is 1.28 bits per heavy atom. The Bertz CT molecular complexity index is 664. The van der Waals surface area contributed by atoms with Gasteiger partial charge >= 0.3 is 5.97 Å². The van der Waals surface area contributed by atoms with Crippen molar-refractivity contribution in [3.63, 3.8) is 0 Å². The lowest BCUT2D eigenvalue weighted by Crippen LogP contribution is -2.14. The lowest BCUT2D eigenvalue weighted by atomic mass is 10.4. The maximum atomic E-state index is 11.9. The van der Waals surface area contributed by atoms with Gasteiger partial charge in [0, 0.05) is 0 Å². The lowest BCUT2D eigenvalue weighted by Gasteiger charge is -2.05. The number of aromatic carboxylic acids is 1. The van der Waals surface area contributed by atoms with Crippen molar-refractivity contribution in [3.05, 3.63) is 41.5 Å². The summed E-state index contributed by atoms with van der Waals surface area (Å²) in [6.45, 7) is 0. The molecule has 0 saturated carbocycles. The zero-order valence-corrected chi connectivity index (χ0v) is 10.5. The third-order valence-corrected chi connectivity index (χ3v) is 4.29. The first-order chi connectivity index (χ1) is 8.50. The zero-order chi connectivity index (χ0) is 13.2. The molecule has 0 amide bonds. The van der Waals surface area contributed by atoms with Crippen LogP contribution < -0.4 is 4.72 Å². The standard InChI is InChI=1S/C10H8N2O4S2/c13-10(14)8-9(17-6-11-8)12-18(15,16)7-4-2-1-3-5-7/h1-6,12H,(H,13,14). The van der Waals surface area contributed by atoms with Gasteiger partial charge < -0.3 is 5.11 Å². The topological polar surface area (TPSA) is 96.4 Å². The van der Waals surface area contributed by atoms with Crippen LogP contribution in [-0.4, -0.2) is 24.5 Å². The van der Waals surface area contributed by atoms with E-state index in [0.717, 1.165) is 11.3 Å². The van der Waals surface area contributed by atoms with Gasteiger partial charge in [0.15, 0.2) is 5.69 Å². The summed E-state index contributed by atoms with van der Waals surface area (Å²) in [5, 5.41) is 8.82. The number of carboxylic acids is 1. The number of thiazole rings is 1. The zero-order valence-electron chi connectivity index (χ0n) is 8.90. The fourth-order valence-electron chi connectivity index (χ4n) is 1.25. The molecule has 0 unspecified atom stereocenters. The molecule has 0 radical (unpaired) electrons. The van der Waals surface area contributed by atoms with Crippen molar-refractivity contribution < 1.29 is 18.3 Å². The van der Waals surface area contributed by atoms with E-state index < -0.39 is 16.0 Å². The van der Waals surface area contributed by atoms with Gasteiger partial charge in [0.05, 0.1) is 10.4 Å². The number of hydrogen-bond acceptors (Lipinski definition) is 5. The van der Waals surface area contributed by atoms with Gasteiger partial charge in [0.1, 0.15) is 5.00 Å². The van der Waals surface area contributed by atoms with E-state index in [0.29, 0.717) is 0 Å². The number of hydrogen-bond donors (Lipinski definition) is 2. The SMILES string of the molecule is O=C(O)c1ncsc1NS(=O)(=O)c1ccccc1. The normalized spacial score (nSPS) is 11.1. The number of anilines is 1. The van der Waals surface area contributed by atoms with Crippen LogP contribution in [0.2, 0.25) is 0 Å². The maximum absolute atomic E-state index is 11.9. The van der Waals surface area contributed by atoms with Gasteiger partial charge in [-0.1, -0.05) is 18.2 Å². The molecular formula is C10H8N2O4S2. The minimum absolute atomic E-state index is 0.00801. The van der Waals surface area contributed by atoms with E-state index in [2.05, 4.69) is 9.71 Å². The molecule has 0 fully saturated rings. The Morgan fingerprint density at radius 3 is 2.56 bits per heavy atom. The van der Waals surface area contributed by atoms with E-state index in [1.807, 2.05) is 0 Å². The summed E-state index contributed by atoms with van der Waals surface area (Å²) in [6.07, 6.45) is 0. The minimum atomic E-state index is -3.78. The molecule has 0 aliphatic rings. The van der Waals surface area contributed by atoms with Crippen LogP contribution in [0.3, 0.4) is 0 Å². The third-order valence-electron chi connectivity index (χ3n) is 2.05. The molecule has 94 valence electrons. The Balaban J connectivity index is 2.34. The molecule has 0 saturated heterocycles. The summed E-state index contributed by atoms with van der Waals surface area (Å²) >= 11 is 0.917. The van der Waals surface area contributed by atoms with Crippen LogP contribution in [0.5, 0.6) is 0 Å². The number of nitrogens with one attached hydrogen (secondary N) is 1. The predicted molar refractivity (Wildman–Crippen MR) is 66.3 cm³/mol. The molecule has 18 heavy (non-hydrogen) atoms. The third kappa shape index (κ3) is 2.49. The minimum Gasteiger partial charge on any atom is -0.476 e. The Labute approximate surface area is 107 Å². The Hall–Kier alpha value is -1.93. The highest BCUT2D eigenvalue weighted by atomic mass is 32.2. The molecule has 2 rings (SSSR count). The molecule has 8 heteroatoms. The highest BCUT2D eigenvalue weighted by Crippen LogP contribution is 2.23. The van der Waals surface area contributed by atoms with Gasteiger partial charge in [-0.25, -0.2) is 18.2 Å². The molecule has 0 aliphatic heterocycles. The number of sulfonamides is 1. The molecule has 1 heterocycles. The Morgan fingerprint density at radius 2 is 1.94 bits per heavy atom. The summed E-state index contributed by atoms with van der Waals surface area (Å²) in [5.74, 6) is -1.28. The molecule has 1 aromatic heterocycles. The van der Waals surface area contributed by atoms with E-state index in [-0.39, 0.29) is 15.6 Å². The highest BCUT2D eigenvalue weighted by Gasteiger charge is 2.20. The van der Waals surface area contributed by atoms with Crippen molar-refractivity contribution in [2.75, 3.05) is 4.72 Å². The number of aromatic nitrogens is 1. The Kier molecular flexibility index (Phi) is 3.30. The summed E-state index contributed by atoms with van der Waals surface area (Å²) in [5.41, 5.74) is 0.964. The van der Waals surface area contributed by atoms with Gasteiger partial charge in [-0.15, -0.1) is 11.3 Å². The fraction of sp³-hybridized carbons (Fsp3) is 0. The van der Waals surface area contributed by atoms with Crippen molar-refractivity contribution in [1.82, 2.24) is 4.98 Å². The van der Waals surface area contributed by atoms with Gasteiger partial charge in [-0.2, -0.15) is 0 Å². The number of carboxylic acid groups (broad SMARTS) is 1. The van der Waals surface area contributed by atoms with Crippen LogP contribution in [0.25, 0.3) is 0 Å². The monoisotopic (exact) mass is 284 g/mol. The number of carbonyl (C=O) groups is 1. The van der Waals surface area contributed by atoms with Gasteiger partial charge in [-0.3, -0.25) is 4.72 Å². The molecule has 0 spiro atoms. The van der Waals surface area contributed by atoms with Crippen molar-refractivity contribution >= 4 is 32.3 Å². The van der Waals surface area contributed by atoms with Crippen LogP contribution in [0.1, 0.15) is 10.5 Å². The first-order valence-electron chi connectivity index (χ1n) is 4.75. The molecule has 1 aromatic carbocycles. The van der Waals surface area contributed by atoms with E-state index >= 15 is 0 Å². The molecule has 2 aromatic rings. The van der Waals surface area contributed by atoms with Gasteiger partial charge in [-0.05, 0) is 12.1 Å². The van der Waals surface area contributed by atoms with Crippen molar-refractivity contribution in [3.8, 4) is 0 Å². The summed E-state index contributed by atoms with van der Waals surface area (Å²) < 4.78 is 26.1. The molecule has 0 bridgehead atoms. The quantitative estimate of drug-likeness (QED) is 0.889. The van der Waals surface area contributed by atoms with Crippen molar-refractivity contribution in [2.24, 2.45) is 0 Å². The first-order valence-corrected chi connectivity index (χ1v) is 7.11. The van der Waals surface area contributed by atoms with Crippen LogP contribution >= 0.6 is 11.3 Å². The summed E-state index contributed by atoms with van der Waals surface area (Å²) in [4.78, 5) is 14.5. The second-order valence-corrected chi connectivity index (χ2v) is 5.79. The summed E-state index contributed by atoms with van der Waals surface area (Å²) in [7, 11) is -3.78. The van der Waals surface area contributed by atoms with Crippen LogP contribution in [0.15, 0.2) is 40.7 Å². The molecular weight excluding hydrogens is 276 g/mol. The first kappa shape index (κ1) is 12.5. The maximum Gasteiger partial charge on any atom is 0.357 e. The molecule has 0 atom stereocenters. The van der Waals surface area contributed by atoms with Crippen LogP contribution in [0.4, 0.5) is 5.00 Å². The van der Waals surface area contributed by atoms with Crippen molar-refractivity contribution in [1.29, 1.82) is 0 Å². The largest absolute Gasteiger partial charge is 0.476 e. The second kappa shape index (κ2) is 4.75.